The first-order valence-corrected chi connectivity index (χ1v) is 7.06. The predicted molar refractivity (Wildman–Crippen MR) is 75.7 cm³/mol. The number of benzene rings is 1. The van der Waals surface area contributed by atoms with E-state index in [2.05, 4.69) is 22.1 Å². The summed E-state index contributed by atoms with van der Waals surface area (Å²) >= 11 is 1.72. The molecule has 2 aromatic rings. The van der Waals surface area contributed by atoms with Crippen LogP contribution in [0, 0.1) is 12.7 Å². The van der Waals surface area contributed by atoms with E-state index >= 15 is 0 Å². The van der Waals surface area contributed by atoms with Gasteiger partial charge in [0, 0.05) is 6.04 Å². The van der Waals surface area contributed by atoms with Crippen molar-refractivity contribution < 1.29 is 4.39 Å². The highest BCUT2D eigenvalue weighted by atomic mass is 32.1. The lowest BCUT2D eigenvalue weighted by molar-refractivity contribution is 0.552. The average Bonchev–Trinajstić information content (AvgIpc) is 2.85. The summed E-state index contributed by atoms with van der Waals surface area (Å²) in [5, 5.41) is 7.58. The zero-order chi connectivity index (χ0) is 13.0. The number of rotatable bonds is 5. The van der Waals surface area contributed by atoms with E-state index in [0.717, 1.165) is 24.0 Å². The van der Waals surface area contributed by atoms with Crippen molar-refractivity contribution in [3.63, 3.8) is 0 Å². The molecule has 1 unspecified atom stereocenters. The van der Waals surface area contributed by atoms with Gasteiger partial charge in [0.05, 0.1) is 0 Å². The molecule has 0 saturated carbocycles. The molecule has 0 aliphatic carbocycles. The van der Waals surface area contributed by atoms with Gasteiger partial charge in [-0.1, -0.05) is 6.07 Å². The summed E-state index contributed by atoms with van der Waals surface area (Å²) in [6.07, 6.45) is 1.84. The van der Waals surface area contributed by atoms with Crippen LogP contribution < -0.4 is 5.32 Å². The first-order valence-electron chi connectivity index (χ1n) is 6.12. The van der Waals surface area contributed by atoms with E-state index in [9.17, 15) is 4.39 Å². The maximum absolute atomic E-state index is 13.3. The van der Waals surface area contributed by atoms with Gasteiger partial charge in [0.2, 0.25) is 0 Å². The van der Waals surface area contributed by atoms with Crippen molar-refractivity contribution in [1.82, 2.24) is 5.32 Å². The Morgan fingerprint density at radius 1 is 1.28 bits per heavy atom. The van der Waals surface area contributed by atoms with E-state index < -0.39 is 0 Å². The highest BCUT2D eigenvalue weighted by molar-refractivity contribution is 7.07. The summed E-state index contributed by atoms with van der Waals surface area (Å²) in [7, 11) is 1.96. The summed E-state index contributed by atoms with van der Waals surface area (Å²) in [4.78, 5) is 0. The van der Waals surface area contributed by atoms with E-state index in [4.69, 9.17) is 0 Å². The minimum absolute atomic E-state index is 0.152. The fourth-order valence-corrected chi connectivity index (χ4v) is 2.78. The molecule has 0 amide bonds. The van der Waals surface area contributed by atoms with Crippen LogP contribution in [0.2, 0.25) is 0 Å². The van der Waals surface area contributed by atoms with Gasteiger partial charge < -0.3 is 5.32 Å². The van der Waals surface area contributed by atoms with Crippen LogP contribution in [0.25, 0.3) is 0 Å². The zero-order valence-corrected chi connectivity index (χ0v) is 11.6. The van der Waals surface area contributed by atoms with Crippen LogP contribution in [-0.2, 0) is 12.8 Å². The summed E-state index contributed by atoms with van der Waals surface area (Å²) in [5.41, 5.74) is 3.58. The fourth-order valence-electron chi connectivity index (χ4n) is 2.10. The molecule has 2 rings (SSSR count). The Morgan fingerprint density at radius 3 is 2.78 bits per heavy atom. The third-order valence-electron chi connectivity index (χ3n) is 3.25. The summed E-state index contributed by atoms with van der Waals surface area (Å²) in [5.74, 6) is -0.152. The number of hydrogen-bond acceptors (Lipinski definition) is 2. The molecule has 0 bridgehead atoms. The molecule has 96 valence electrons. The van der Waals surface area contributed by atoms with Crippen molar-refractivity contribution in [3.05, 3.63) is 57.5 Å². The largest absolute Gasteiger partial charge is 0.316 e. The quantitative estimate of drug-likeness (QED) is 0.869. The Balaban J connectivity index is 2.07. The Hall–Kier alpha value is -1.19. The Morgan fingerprint density at radius 2 is 2.11 bits per heavy atom. The topological polar surface area (TPSA) is 12.0 Å². The van der Waals surface area contributed by atoms with E-state index in [1.165, 1.54) is 11.6 Å². The van der Waals surface area contributed by atoms with E-state index in [1.807, 2.05) is 20.0 Å². The van der Waals surface area contributed by atoms with Gasteiger partial charge in [-0.25, -0.2) is 4.39 Å². The third-order valence-corrected chi connectivity index (χ3v) is 3.98. The minimum Gasteiger partial charge on any atom is -0.316 e. The Labute approximate surface area is 112 Å². The second-order valence-corrected chi connectivity index (χ2v) is 5.38. The maximum atomic E-state index is 13.3. The molecule has 1 nitrogen and oxygen atoms in total. The SMILES string of the molecule is CNC(Cc1ccsc1)Cc1cc(F)ccc1C. The van der Waals surface area contributed by atoms with Gasteiger partial charge in [0.25, 0.3) is 0 Å². The second kappa shape index (κ2) is 6.12. The lowest BCUT2D eigenvalue weighted by Gasteiger charge is -2.17. The predicted octanol–water partition coefficient (Wildman–Crippen LogP) is 3.57. The van der Waals surface area contributed by atoms with E-state index in [1.54, 1.807) is 17.4 Å². The van der Waals surface area contributed by atoms with Gasteiger partial charge in [-0.3, -0.25) is 0 Å². The van der Waals surface area contributed by atoms with Gasteiger partial charge in [-0.2, -0.15) is 11.3 Å². The number of thiophene rings is 1. The number of halogens is 1. The smallest absolute Gasteiger partial charge is 0.123 e. The van der Waals surface area contributed by atoms with Crippen molar-refractivity contribution in [1.29, 1.82) is 0 Å². The normalized spacial score (nSPS) is 12.6. The maximum Gasteiger partial charge on any atom is 0.123 e. The van der Waals surface area contributed by atoms with Crippen LogP contribution in [0.4, 0.5) is 4.39 Å². The van der Waals surface area contributed by atoms with Crippen LogP contribution in [0.15, 0.2) is 35.0 Å². The zero-order valence-electron chi connectivity index (χ0n) is 10.7. The monoisotopic (exact) mass is 263 g/mol. The molecule has 1 atom stereocenters. The van der Waals surface area contributed by atoms with Crippen molar-refractivity contribution in [2.24, 2.45) is 0 Å². The van der Waals surface area contributed by atoms with Crippen LogP contribution >= 0.6 is 11.3 Å². The molecule has 0 aliphatic heterocycles. The minimum atomic E-state index is -0.152. The van der Waals surface area contributed by atoms with Crippen molar-refractivity contribution in [3.8, 4) is 0 Å². The Bertz CT molecular complexity index is 493. The van der Waals surface area contributed by atoms with Gasteiger partial charge >= 0.3 is 0 Å². The second-order valence-electron chi connectivity index (χ2n) is 4.60. The summed E-state index contributed by atoms with van der Waals surface area (Å²) in [6.45, 7) is 2.03. The number of nitrogens with one attached hydrogen (secondary N) is 1. The van der Waals surface area contributed by atoms with Crippen LogP contribution in [0.5, 0.6) is 0 Å². The van der Waals surface area contributed by atoms with Crippen LogP contribution in [0.1, 0.15) is 16.7 Å². The van der Waals surface area contributed by atoms with Crippen molar-refractivity contribution >= 4 is 11.3 Å². The summed E-state index contributed by atoms with van der Waals surface area (Å²) in [6, 6.07) is 7.51. The molecule has 0 saturated heterocycles. The molecule has 0 aliphatic rings. The van der Waals surface area contributed by atoms with Crippen LogP contribution in [-0.4, -0.2) is 13.1 Å². The highest BCUT2D eigenvalue weighted by Crippen LogP contribution is 2.15. The van der Waals surface area contributed by atoms with Gasteiger partial charge in [0.15, 0.2) is 0 Å². The first kappa shape index (κ1) is 13.2. The molecule has 1 aromatic carbocycles. The molecular weight excluding hydrogens is 245 g/mol. The number of hydrogen-bond donors (Lipinski definition) is 1. The van der Waals surface area contributed by atoms with Crippen LogP contribution in [0.3, 0.4) is 0 Å². The number of aryl methyl sites for hydroxylation is 1. The molecule has 0 fully saturated rings. The molecule has 0 radical (unpaired) electrons. The lowest BCUT2D eigenvalue weighted by Crippen LogP contribution is -2.30. The lowest BCUT2D eigenvalue weighted by atomic mass is 9.97. The molecule has 1 N–H and O–H groups in total. The molecule has 3 heteroatoms. The molecule has 18 heavy (non-hydrogen) atoms. The summed E-state index contributed by atoms with van der Waals surface area (Å²) < 4.78 is 13.3. The molecule has 1 heterocycles. The number of likely N-dealkylation sites (N-methyl/N-ethyl adjacent to an activating group) is 1. The fraction of sp³-hybridized carbons (Fsp3) is 0.333. The Kier molecular flexibility index (Phi) is 4.50. The highest BCUT2D eigenvalue weighted by Gasteiger charge is 2.11. The van der Waals surface area contributed by atoms with E-state index in [0.29, 0.717) is 6.04 Å². The first-order chi connectivity index (χ1) is 8.69. The van der Waals surface area contributed by atoms with Gasteiger partial charge in [-0.05, 0) is 72.5 Å². The molecular formula is C15H18FNS. The van der Waals surface area contributed by atoms with Gasteiger partial charge in [-0.15, -0.1) is 0 Å². The molecule has 0 spiro atoms. The van der Waals surface area contributed by atoms with Gasteiger partial charge in [0.1, 0.15) is 5.82 Å². The third kappa shape index (κ3) is 3.40. The standard InChI is InChI=1S/C15H18FNS/c1-11-3-4-14(16)8-13(11)9-15(17-2)7-12-5-6-18-10-12/h3-6,8,10,15,17H,7,9H2,1-2H3. The van der Waals surface area contributed by atoms with Crippen molar-refractivity contribution in [2.45, 2.75) is 25.8 Å². The van der Waals surface area contributed by atoms with Crippen molar-refractivity contribution in [2.75, 3.05) is 7.05 Å². The van der Waals surface area contributed by atoms with E-state index in [-0.39, 0.29) is 5.82 Å². The average molecular weight is 263 g/mol. The molecule has 1 aromatic heterocycles.